The molecule has 1 saturated carbocycles. The lowest BCUT2D eigenvalue weighted by Crippen LogP contribution is -2.54. The van der Waals surface area contributed by atoms with Crippen molar-refractivity contribution in [3.05, 3.63) is 57.6 Å². The lowest BCUT2D eigenvalue weighted by Gasteiger charge is -2.29. The molecule has 2 amide bonds. The molecule has 0 bridgehead atoms. The second-order valence-corrected chi connectivity index (χ2v) is 8.84. The van der Waals surface area contributed by atoms with Crippen molar-refractivity contribution in [3.8, 4) is 0 Å². The van der Waals surface area contributed by atoms with Gasteiger partial charge in [-0.1, -0.05) is 30.9 Å². The lowest BCUT2D eigenvalue weighted by molar-refractivity contribution is -0.122. The molecule has 2 aromatic rings. The number of aromatic nitrogens is 1. The van der Waals surface area contributed by atoms with Crippen LogP contribution in [0.4, 0.5) is 10.1 Å². The summed E-state index contributed by atoms with van der Waals surface area (Å²) in [5.74, 6) is -1.73. The topological polar surface area (TPSA) is 54.3 Å². The van der Waals surface area contributed by atoms with Crippen LogP contribution in [-0.2, 0) is 9.59 Å². The molecule has 4 rings (SSSR count). The number of halogens is 2. The molecule has 31 heavy (non-hydrogen) atoms. The predicted octanol–water partition coefficient (Wildman–Crippen LogP) is 5.23. The van der Waals surface area contributed by atoms with Gasteiger partial charge in [-0.2, -0.15) is 0 Å². The third kappa shape index (κ3) is 4.04. The van der Waals surface area contributed by atoms with Gasteiger partial charge in [0.2, 0.25) is 0 Å². The number of hydrogen-bond acceptors (Lipinski definition) is 3. The zero-order chi connectivity index (χ0) is 22.3. The molecule has 1 aromatic carbocycles. The molecule has 2 fully saturated rings. The number of aryl methyl sites for hydroxylation is 1. The summed E-state index contributed by atoms with van der Waals surface area (Å²) in [6.45, 7) is 4.07. The van der Waals surface area contributed by atoms with Gasteiger partial charge in [0.1, 0.15) is 11.4 Å². The molecule has 0 spiro atoms. The van der Waals surface area contributed by atoms with Gasteiger partial charge in [-0.15, -0.1) is 0 Å². The maximum atomic E-state index is 13.6. The summed E-state index contributed by atoms with van der Waals surface area (Å²) in [4.78, 5) is 27.0. The Labute approximate surface area is 190 Å². The van der Waals surface area contributed by atoms with Gasteiger partial charge in [0.05, 0.1) is 10.7 Å². The van der Waals surface area contributed by atoms with Crippen LogP contribution < -0.4 is 10.2 Å². The summed E-state index contributed by atoms with van der Waals surface area (Å²) in [5, 5.41) is 2.35. The molecule has 0 atom stereocenters. The van der Waals surface area contributed by atoms with Crippen LogP contribution in [0.2, 0.25) is 5.02 Å². The molecule has 1 aliphatic carbocycles. The van der Waals surface area contributed by atoms with Gasteiger partial charge in [0.15, 0.2) is 5.11 Å². The summed E-state index contributed by atoms with van der Waals surface area (Å²) in [7, 11) is 0. The number of thiocarbonyl (C=S) groups is 1. The highest BCUT2D eigenvalue weighted by Crippen LogP contribution is 2.33. The SMILES string of the molecule is Cc1cc(C=C2C(=O)NC(=S)N(c3ccc(F)c(Cl)c3)C2=O)c(C)n1C1CCCCC1. The fourth-order valence-corrected chi connectivity index (χ4v) is 4.98. The minimum Gasteiger partial charge on any atom is -0.346 e. The molecule has 2 heterocycles. The number of carbonyl (C=O) groups is 2. The number of nitrogens with one attached hydrogen (secondary N) is 1. The molecule has 0 radical (unpaired) electrons. The van der Waals surface area contributed by atoms with Crippen molar-refractivity contribution < 1.29 is 14.0 Å². The second-order valence-electron chi connectivity index (χ2n) is 8.04. The van der Waals surface area contributed by atoms with Crippen molar-refractivity contribution in [2.45, 2.75) is 52.0 Å². The molecule has 1 aromatic heterocycles. The summed E-state index contributed by atoms with van der Waals surface area (Å²) in [5.41, 5.74) is 3.23. The molecular formula is C23H23ClFN3O2S. The Balaban J connectivity index is 1.71. The molecule has 162 valence electrons. The monoisotopic (exact) mass is 459 g/mol. The largest absolute Gasteiger partial charge is 0.346 e. The molecule has 0 unspecified atom stereocenters. The van der Waals surface area contributed by atoms with Crippen LogP contribution in [0.3, 0.4) is 0 Å². The van der Waals surface area contributed by atoms with Crippen molar-refractivity contribution in [3.63, 3.8) is 0 Å². The predicted molar refractivity (Wildman–Crippen MR) is 124 cm³/mol. The van der Waals surface area contributed by atoms with E-state index in [2.05, 4.69) is 9.88 Å². The quantitative estimate of drug-likeness (QED) is 0.388. The lowest BCUT2D eigenvalue weighted by atomic mass is 9.95. The molecule has 1 aliphatic heterocycles. The van der Waals surface area contributed by atoms with Gasteiger partial charge in [-0.3, -0.25) is 19.8 Å². The number of amides is 2. The fraction of sp³-hybridized carbons (Fsp3) is 0.348. The van der Waals surface area contributed by atoms with Crippen LogP contribution in [0.15, 0.2) is 29.8 Å². The molecular weight excluding hydrogens is 437 g/mol. The number of carbonyl (C=O) groups excluding carboxylic acids is 2. The highest BCUT2D eigenvalue weighted by molar-refractivity contribution is 7.80. The Morgan fingerprint density at radius 1 is 1.16 bits per heavy atom. The Morgan fingerprint density at radius 2 is 1.87 bits per heavy atom. The van der Waals surface area contributed by atoms with Crippen LogP contribution in [-0.4, -0.2) is 21.5 Å². The fourth-order valence-electron chi connectivity index (χ4n) is 4.52. The third-order valence-corrected chi connectivity index (χ3v) is 6.60. The van der Waals surface area contributed by atoms with E-state index in [0.29, 0.717) is 11.7 Å². The smallest absolute Gasteiger partial charge is 0.270 e. The van der Waals surface area contributed by atoms with E-state index < -0.39 is 17.6 Å². The van der Waals surface area contributed by atoms with E-state index >= 15 is 0 Å². The van der Waals surface area contributed by atoms with Gasteiger partial charge >= 0.3 is 0 Å². The first-order valence-electron chi connectivity index (χ1n) is 10.3. The average Bonchev–Trinajstić information content (AvgIpc) is 3.01. The summed E-state index contributed by atoms with van der Waals surface area (Å²) >= 11 is 11.1. The number of anilines is 1. The van der Waals surface area contributed by atoms with Crippen molar-refractivity contribution >= 4 is 52.5 Å². The second kappa shape index (κ2) is 8.55. The van der Waals surface area contributed by atoms with E-state index in [-0.39, 0.29) is 15.7 Å². The van der Waals surface area contributed by atoms with E-state index in [1.54, 1.807) is 6.08 Å². The first-order chi connectivity index (χ1) is 14.8. The summed E-state index contributed by atoms with van der Waals surface area (Å²) < 4.78 is 15.9. The van der Waals surface area contributed by atoms with Gasteiger partial charge in [0.25, 0.3) is 11.8 Å². The molecule has 2 aliphatic rings. The summed E-state index contributed by atoms with van der Waals surface area (Å²) in [6.07, 6.45) is 7.58. The van der Waals surface area contributed by atoms with Crippen LogP contribution in [0.25, 0.3) is 6.08 Å². The first-order valence-corrected chi connectivity index (χ1v) is 11.1. The van der Waals surface area contributed by atoms with Crippen molar-refractivity contribution in [2.75, 3.05) is 4.90 Å². The summed E-state index contributed by atoms with van der Waals surface area (Å²) in [6, 6.07) is 6.32. The van der Waals surface area contributed by atoms with E-state index in [1.807, 2.05) is 19.9 Å². The van der Waals surface area contributed by atoms with E-state index in [4.69, 9.17) is 23.8 Å². The van der Waals surface area contributed by atoms with Crippen molar-refractivity contribution in [1.82, 2.24) is 9.88 Å². The molecule has 1 saturated heterocycles. The van der Waals surface area contributed by atoms with E-state index in [0.717, 1.165) is 40.8 Å². The Bertz CT molecular complexity index is 1120. The van der Waals surface area contributed by atoms with Crippen LogP contribution in [0.1, 0.15) is 55.1 Å². The zero-order valence-corrected chi connectivity index (χ0v) is 18.9. The normalized spacial score (nSPS) is 19.3. The Kier molecular flexibility index (Phi) is 5.99. The molecule has 8 heteroatoms. The van der Waals surface area contributed by atoms with Crippen molar-refractivity contribution in [2.24, 2.45) is 0 Å². The maximum absolute atomic E-state index is 13.6. The van der Waals surface area contributed by atoms with Gasteiger partial charge in [-0.25, -0.2) is 4.39 Å². The number of rotatable bonds is 3. The Morgan fingerprint density at radius 3 is 2.55 bits per heavy atom. The van der Waals surface area contributed by atoms with E-state index in [9.17, 15) is 14.0 Å². The minimum absolute atomic E-state index is 0.0297. The highest BCUT2D eigenvalue weighted by Gasteiger charge is 2.35. The average molecular weight is 460 g/mol. The van der Waals surface area contributed by atoms with Gasteiger partial charge < -0.3 is 4.57 Å². The van der Waals surface area contributed by atoms with Gasteiger partial charge in [-0.05, 0) is 74.8 Å². The number of hydrogen-bond donors (Lipinski definition) is 1. The molecule has 5 nitrogen and oxygen atoms in total. The zero-order valence-electron chi connectivity index (χ0n) is 17.4. The number of nitrogens with zero attached hydrogens (tertiary/aromatic N) is 2. The standard InChI is InChI=1S/C23H23ClFN3O2S/c1-13-10-15(14(2)27(13)16-6-4-3-5-7-16)11-18-21(29)26-23(31)28(22(18)30)17-8-9-20(25)19(24)12-17/h8-12,16H,3-7H2,1-2H3,(H,26,29,31). The molecule has 1 N–H and O–H groups in total. The van der Waals surface area contributed by atoms with E-state index in [1.165, 1.54) is 31.4 Å². The van der Waals surface area contributed by atoms with Crippen molar-refractivity contribution in [1.29, 1.82) is 0 Å². The highest BCUT2D eigenvalue weighted by atomic mass is 35.5. The van der Waals surface area contributed by atoms with Crippen LogP contribution >= 0.6 is 23.8 Å². The third-order valence-electron chi connectivity index (χ3n) is 6.03. The number of benzene rings is 1. The first kappa shape index (κ1) is 21.7. The van der Waals surface area contributed by atoms with Gasteiger partial charge in [0, 0.05) is 17.4 Å². The minimum atomic E-state index is -0.601. The Hall–Kier alpha value is -2.51. The maximum Gasteiger partial charge on any atom is 0.270 e. The van der Waals surface area contributed by atoms with Crippen LogP contribution in [0, 0.1) is 19.7 Å². The van der Waals surface area contributed by atoms with Crippen LogP contribution in [0.5, 0.6) is 0 Å².